The van der Waals surface area contributed by atoms with Crippen LogP contribution >= 0.6 is 0 Å². The number of hydrogen-bond donors (Lipinski definition) is 1. The molecule has 1 aliphatic carbocycles. The number of carbonyl (C=O) groups excluding carboxylic acids is 1. The highest BCUT2D eigenvalue weighted by Gasteiger charge is 2.35. The van der Waals surface area contributed by atoms with Gasteiger partial charge in [0.05, 0.1) is 25.1 Å². The number of methoxy groups -OCH3 is 1. The van der Waals surface area contributed by atoms with E-state index in [4.69, 9.17) is 10.5 Å². The fraction of sp³-hybridized carbons (Fsp3) is 0.500. The maximum Gasteiger partial charge on any atom is 0.227 e. The predicted octanol–water partition coefficient (Wildman–Crippen LogP) is 1.81. The van der Waals surface area contributed by atoms with Gasteiger partial charge < -0.3 is 15.4 Å². The fourth-order valence-corrected chi connectivity index (χ4v) is 4.23. The maximum atomic E-state index is 13.0. The topological polar surface area (TPSA) is 73.4 Å². The van der Waals surface area contributed by atoms with Crippen LogP contribution in [0.25, 0.3) is 0 Å². The smallest absolute Gasteiger partial charge is 0.227 e. The van der Waals surface area contributed by atoms with Crippen LogP contribution in [0.2, 0.25) is 0 Å². The number of nitrogens with two attached hydrogens (primary N) is 1. The number of anilines is 1. The molecule has 2 aliphatic rings. The summed E-state index contributed by atoms with van der Waals surface area (Å²) in [5.74, 6) is 0.662. The van der Waals surface area contributed by atoms with Crippen molar-refractivity contribution in [1.82, 2.24) is 14.7 Å². The van der Waals surface area contributed by atoms with Gasteiger partial charge in [0, 0.05) is 19.9 Å². The van der Waals surface area contributed by atoms with Crippen molar-refractivity contribution >= 4 is 11.7 Å². The lowest BCUT2D eigenvalue weighted by Gasteiger charge is -2.24. The van der Waals surface area contributed by atoms with E-state index in [1.807, 2.05) is 15.8 Å². The fourth-order valence-electron chi connectivity index (χ4n) is 4.23. The second kappa shape index (κ2) is 7.11. The zero-order chi connectivity index (χ0) is 18.1. The zero-order valence-corrected chi connectivity index (χ0v) is 15.2. The van der Waals surface area contributed by atoms with Crippen LogP contribution in [-0.4, -0.2) is 46.4 Å². The van der Waals surface area contributed by atoms with E-state index < -0.39 is 0 Å². The summed E-state index contributed by atoms with van der Waals surface area (Å²) < 4.78 is 7.34. The summed E-state index contributed by atoms with van der Waals surface area (Å²) in [7, 11) is 1.71. The predicted molar refractivity (Wildman–Crippen MR) is 99.7 cm³/mol. The number of likely N-dealkylation sites (tertiary alicyclic amines) is 1. The van der Waals surface area contributed by atoms with E-state index >= 15 is 0 Å². The van der Waals surface area contributed by atoms with E-state index in [0.29, 0.717) is 25.3 Å². The van der Waals surface area contributed by atoms with E-state index in [1.165, 1.54) is 24.0 Å². The third-order valence-corrected chi connectivity index (χ3v) is 5.61. The summed E-state index contributed by atoms with van der Waals surface area (Å²) in [5, 5.41) is 4.26. The van der Waals surface area contributed by atoms with Gasteiger partial charge in [-0.2, -0.15) is 5.10 Å². The van der Waals surface area contributed by atoms with Crippen molar-refractivity contribution in [3.63, 3.8) is 0 Å². The normalized spacial score (nSPS) is 22.0. The number of benzene rings is 1. The van der Waals surface area contributed by atoms with Gasteiger partial charge in [0.1, 0.15) is 5.82 Å². The van der Waals surface area contributed by atoms with Crippen molar-refractivity contribution < 1.29 is 9.53 Å². The van der Waals surface area contributed by atoms with E-state index in [9.17, 15) is 4.79 Å². The molecule has 1 amide bonds. The molecule has 6 nitrogen and oxygen atoms in total. The molecule has 0 unspecified atom stereocenters. The highest BCUT2D eigenvalue weighted by Crippen LogP contribution is 2.25. The number of aromatic nitrogens is 2. The molecule has 6 heteroatoms. The van der Waals surface area contributed by atoms with Crippen LogP contribution in [0, 0.1) is 0 Å². The van der Waals surface area contributed by atoms with Gasteiger partial charge in [0.2, 0.25) is 5.91 Å². The van der Waals surface area contributed by atoms with Gasteiger partial charge >= 0.3 is 0 Å². The average molecular weight is 354 g/mol. The number of hydrogen-bond acceptors (Lipinski definition) is 4. The van der Waals surface area contributed by atoms with Crippen molar-refractivity contribution in [2.75, 3.05) is 19.4 Å². The van der Waals surface area contributed by atoms with Crippen LogP contribution in [0.5, 0.6) is 0 Å². The Kier molecular flexibility index (Phi) is 4.68. The monoisotopic (exact) mass is 354 g/mol. The number of ether oxygens (including phenoxy) is 1. The number of nitrogens with zero attached hydrogens (tertiary/aromatic N) is 3. The van der Waals surface area contributed by atoms with Crippen molar-refractivity contribution in [2.24, 2.45) is 0 Å². The van der Waals surface area contributed by atoms with E-state index in [0.717, 1.165) is 18.4 Å². The van der Waals surface area contributed by atoms with Crippen molar-refractivity contribution in [3.8, 4) is 0 Å². The minimum Gasteiger partial charge on any atom is -0.382 e. The maximum absolute atomic E-state index is 13.0. The molecule has 2 aromatic rings. The van der Waals surface area contributed by atoms with Crippen molar-refractivity contribution in [2.45, 2.75) is 50.8 Å². The molecular weight excluding hydrogens is 328 g/mol. The molecule has 0 bridgehead atoms. The molecule has 138 valence electrons. The summed E-state index contributed by atoms with van der Waals surface area (Å²) >= 11 is 0. The molecule has 2 N–H and O–H groups in total. The lowest BCUT2D eigenvalue weighted by atomic mass is 10.0. The molecule has 4 rings (SSSR count). The molecule has 1 aromatic carbocycles. The number of rotatable bonds is 5. The Balaban J connectivity index is 1.47. The first-order valence-electron chi connectivity index (χ1n) is 9.34. The van der Waals surface area contributed by atoms with Gasteiger partial charge in [-0.1, -0.05) is 18.2 Å². The summed E-state index contributed by atoms with van der Waals surface area (Å²) in [6, 6.07) is 8.37. The lowest BCUT2D eigenvalue weighted by Crippen LogP contribution is -2.39. The Morgan fingerprint density at radius 2 is 2.15 bits per heavy atom. The van der Waals surface area contributed by atoms with E-state index in [-0.39, 0.29) is 18.1 Å². The van der Waals surface area contributed by atoms with Gasteiger partial charge in [0.25, 0.3) is 0 Å². The second-order valence-electron chi connectivity index (χ2n) is 7.39. The van der Waals surface area contributed by atoms with Crippen LogP contribution < -0.4 is 5.73 Å². The molecule has 0 spiro atoms. The molecule has 1 fully saturated rings. The Hall–Kier alpha value is -2.34. The quantitative estimate of drug-likeness (QED) is 0.889. The van der Waals surface area contributed by atoms with Gasteiger partial charge in [-0.25, -0.2) is 0 Å². The number of aryl methyl sites for hydroxylation is 2. The summed E-state index contributed by atoms with van der Waals surface area (Å²) in [4.78, 5) is 15.0. The number of amides is 1. The molecule has 1 aromatic heterocycles. The molecule has 2 atom stereocenters. The number of fused-ring (bicyclic) bond motifs is 1. The standard InChI is InChI=1S/C20H26N4O2/c1-26-18-11-17(12-23-8-7-19(21)22-23)24(13-18)20(25)10-14-5-6-15-3-2-4-16(15)9-14/h5-9,17-18H,2-4,10-13H2,1H3,(H2,21,22)/t17-,18-/m0/s1. The molecule has 26 heavy (non-hydrogen) atoms. The van der Waals surface area contributed by atoms with Gasteiger partial charge in [-0.15, -0.1) is 0 Å². The number of carbonyl (C=O) groups is 1. The zero-order valence-electron chi connectivity index (χ0n) is 15.2. The van der Waals surface area contributed by atoms with Gasteiger partial charge in [-0.3, -0.25) is 9.48 Å². The van der Waals surface area contributed by atoms with E-state index in [1.54, 1.807) is 13.2 Å². The molecule has 0 saturated carbocycles. The molecule has 1 aliphatic heterocycles. The van der Waals surface area contributed by atoms with Gasteiger partial charge in [-0.05, 0) is 48.4 Å². The van der Waals surface area contributed by atoms with E-state index in [2.05, 4.69) is 23.3 Å². The lowest BCUT2D eigenvalue weighted by molar-refractivity contribution is -0.131. The molecule has 1 saturated heterocycles. The Morgan fingerprint density at radius 1 is 1.31 bits per heavy atom. The van der Waals surface area contributed by atoms with Crippen molar-refractivity contribution in [3.05, 3.63) is 47.2 Å². The largest absolute Gasteiger partial charge is 0.382 e. The highest BCUT2D eigenvalue weighted by atomic mass is 16.5. The molecule has 2 heterocycles. The Labute approximate surface area is 153 Å². The third kappa shape index (κ3) is 3.46. The third-order valence-electron chi connectivity index (χ3n) is 5.61. The van der Waals surface area contributed by atoms with Crippen LogP contribution in [0.1, 0.15) is 29.5 Å². The highest BCUT2D eigenvalue weighted by molar-refractivity contribution is 5.79. The minimum absolute atomic E-state index is 0.0804. The van der Waals surface area contributed by atoms with Crippen LogP contribution in [0.3, 0.4) is 0 Å². The summed E-state index contributed by atoms with van der Waals surface area (Å²) in [6.07, 6.45) is 6.74. The van der Waals surface area contributed by atoms with Gasteiger partial charge in [0.15, 0.2) is 0 Å². The Morgan fingerprint density at radius 3 is 2.92 bits per heavy atom. The first kappa shape index (κ1) is 17.1. The van der Waals surface area contributed by atoms with Crippen LogP contribution in [-0.2, 0) is 35.3 Å². The summed E-state index contributed by atoms with van der Waals surface area (Å²) in [5.41, 5.74) is 9.67. The first-order chi connectivity index (χ1) is 12.6. The minimum atomic E-state index is 0.0804. The Bertz CT molecular complexity index is 801. The van der Waals surface area contributed by atoms with Crippen LogP contribution in [0.4, 0.5) is 5.82 Å². The first-order valence-corrected chi connectivity index (χ1v) is 9.34. The number of nitrogen functional groups attached to an aromatic ring is 1. The summed E-state index contributed by atoms with van der Waals surface area (Å²) in [6.45, 7) is 1.29. The SMILES string of the molecule is CO[C@H]1C[C@@H](Cn2ccc(N)n2)N(C(=O)Cc2ccc3c(c2)CCC3)C1. The van der Waals surface area contributed by atoms with Crippen molar-refractivity contribution in [1.29, 1.82) is 0 Å². The molecular formula is C20H26N4O2. The molecule has 0 radical (unpaired) electrons. The van der Waals surface area contributed by atoms with Crippen LogP contribution in [0.15, 0.2) is 30.5 Å². The average Bonchev–Trinajstić information content (AvgIpc) is 3.34. The second-order valence-corrected chi connectivity index (χ2v) is 7.39.